The zero-order valence-electron chi connectivity index (χ0n) is 20.5. The lowest BCUT2D eigenvalue weighted by atomic mass is 10.1. The van der Waals surface area contributed by atoms with Crippen LogP contribution < -0.4 is 4.74 Å². The van der Waals surface area contributed by atoms with Crippen LogP contribution in [0.4, 0.5) is 0 Å². The van der Waals surface area contributed by atoms with Crippen LogP contribution in [0, 0.1) is 0 Å². The molecule has 1 aliphatic carbocycles. The lowest BCUT2D eigenvalue weighted by molar-refractivity contribution is 0.0608. The number of hydrogen-bond acceptors (Lipinski definition) is 6. The summed E-state index contributed by atoms with van der Waals surface area (Å²) >= 11 is 1.67. The predicted molar refractivity (Wildman–Crippen MR) is 134 cm³/mol. The van der Waals surface area contributed by atoms with Crippen LogP contribution in [-0.2, 0) is 12.1 Å². The molecule has 5 rings (SSSR count). The molecule has 1 saturated heterocycles. The molecular formula is C26H33N5O2S. The molecule has 1 aromatic carbocycles. The third-order valence-electron chi connectivity index (χ3n) is 6.51. The Bertz CT molecular complexity index is 1150. The molecule has 7 nitrogen and oxygen atoms in total. The lowest BCUT2D eigenvalue weighted by Gasteiger charge is -2.35. The molecule has 180 valence electrons. The van der Waals surface area contributed by atoms with Crippen LogP contribution in [0.5, 0.6) is 5.75 Å². The number of piperazine rings is 1. The number of nitrogens with zero attached hydrogens (tertiary/aromatic N) is 5. The van der Waals surface area contributed by atoms with E-state index in [-0.39, 0.29) is 11.4 Å². The van der Waals surface area contributed by atoms with E-state index >= 15 is 0 Å². The van der Waals surface area contributed by atoms with Gasteiger partial charge >= 0.3 is 0 Å². The minimum Gasteiger partial charge on any atom is -0.497 e. The Morgan fingerprint density at radius 1 is 1.12 bits per heavy atom. The van der Waals surface area contributed by atoms with Crippen molar-refractivity contribution in [2.45, 2.75) is 51.6 Å². The van der Waals surface area contributed by atoms with Crippen molar-refractivity contribution in [1.82, 2.24) is 24.6 Å². The number of amides is 1. The number of rotatable bonds is 6. The fraction of sp³-hybridized carbons (Fsp3) is 0.500. The second-order valence-electron chi connectivity index (χ2n) is 10.3. The Hall–Kier alpha value is -2.71. The van der Waals surface area contributed by atoms with Crippen LogP contribution in [-0.4, -0.2) is 63.8 Å². The van der Waals surface area contributed by atoms with E-state index < -0.39 is 0 Å². The van der Waals surface area contributed by atoms with Crippen molar-refractivity contribution < 1.29 is 9.53 Å². The Morgan fingerprint density at radius 2 is 1.82 bits per heavy atom. The summed E-state index contributed by atoms with van der Waals surface area (Å²) in [7, 11) is 1.67. The molecular weight excluding hydrogens is 446 g/mol. The molecule has 2 aliphatic rings. The van der Waals surface area contributed by atoms with Gasteiger partial charge in [0, 0.05) is 49.6 Å². The number of benzene rings is 1. The van der Waals surface area contributed by atoms with Crippen LogP contribution in [0.15, 0.2) is 35.7 Å². The molecule has 3 aromatic rings. The molecule has 34 heavy (non-hydrogen) atoms. The third kappa shape index (κ3) is 4.88. The molecule has 8 heteroatoms. The van der Waals surface area contributed by atoms with Gasteiger partial charge in [0.2, 0.25) is 0 Å². The maximum Gasteiger partial charge on any atom is 0.272 e. The summed E-state index contributed by atoms with van der Waals surface area (Å²) in [5, 5.41) is 7.97. The highest BCUT2D eigenvalue weighted by Crippen LogP contribution is 2.40. The Balaban J connectivity index is 1.20. The average Bonchev–Trinajstić information content (AvgIpc) is 3.40. The van der Waals surface area contributed by atoms with Crippen molar-refractivity contribution in [3.8, 4) is 16.3 Å². The highest BCUT2D eigenvalue weighted by atomic mass is 32.1. The van der Waals surface area contributed by atoms with Gasteiger partial charge in [0.05, 0.1) is 24.0 Å². The first kappa shape index (κ1) is 23.1. The van der Waals surface area contributed by atoms with Crippen LogP contribution in [0.1, 0.15) is 61.4 Å². The van der Waals surface area contributed by atoms with Gasteiger partial charge in [-0.2, -0.15) is 5.10 Å². The van der Waals surface area contributed by atoms with Gasteiger partial charge in [0.1, 0.15) is 16.5 Å². The van der Waals surface area contributed by atoms with Crippen molar-refractivity contribution in [3.63, 3.8) is 0 Å². The monoisotopic (exact) mass is 479 g/mol. The Morgan fingerprint density at radius 3 is 2.44 bits per heavy atom. The summed E-state index contributed by atoms with van der Waals surface area (Å²) in [6.45, 7) is 10.3. The van der Waals surface area contributed by atoms with Gasteiger partial charge < -0.3 is 9.64 Å². The fourth-order valence-electron chi connectivity index (χ4n) is 4.39. The zero-order chi connectivity index (χ0) is 23.9. The second kappa shape index (κ2) is 9.15. The van der Waals surface area contributed by atoms with E-state index in [9.17, 15) is 4.79 Å². The van der Waals surface area contributed by atoms with Gasteiger partial charge in [-0.15, -0.1) is 11.3 Å². The summed E-state index contributed by atoms with van der Waals surface area (Å²) in [5.41, 5.74) is 3.77. The number of ether oxygens (including phenoxy) is 1. The average molecular weight is 480 g/mol. The van der Waals surface area contributed by atoms with Gasteiger partial charge in [-0.05, 0) is 63.9 Å². The van der Waals surface area contributed by atoms with E-state index in [1.165, 1.54) is 12.8 Å². The van der Waals surface area contributed by atoms with Crippen LogP contribution >= 0.6 is 11.3 Å². The Labute approximate surface area is 205 Å². The summed E-state index contributed by atoms with van der Waals surface area (Å²) < 4.78 is 7.18. The number of aromatic nitrogens is 3. The van der Waals surface area contributed by atoms with E-state index in [0.717, 1.165) is 66.1 Å². The van der Waals surface area contributed by atoms with Crippen molar-refractivity contribution in [1.29, 1.82) is 0 Å². The van der Waals surface area contributed by atoms with Gasteiger partial charge in [-0.25, -0.2) is 4.98 Å². The molecule has 1 saturated carbocycles. The molecule has 1 amide bonds. The van der Waals surface area contributed by atoms with Crippen molar-refractivity contribution in [2.75, 3.05) is 33.3 Å². The van der Waals surface area contributed by atoms with E-state index in [1.54, 1.807) is 18.4 Å². The molecule has 1 aliphatic heterocycles. The summed E-state index contributed by atoms with van der Waals surface area (Å²) in [5.74, 6) is 1.49. The van der Waals surface area contributed by atoms with E-state index in [0.29, 0.717) is 5.92 Å². The second-order valence-corrected chi connectivity index (χ2v) is 11.1. The summed E-state index contributed by atoms with van der Waals surface area (Å²) in [4.78, 5) is 22.6. The topological polar surface area (TPSA) is 63.5 Å². The number of thiazole rings is 1. The van der Waals surface area contributed by atoms with E-state index in [4.69, 9.17) is 14.8 Å². The molecule has 0 bridgehead atoms. The first-order valence-corrected chi connectivity index (χ1v) is 12.9. The van der Waals surface area contributed by atoms with Crippen LogP contribution in [0.25, 0.3) is 10.6 Å². The molecule has 2 fully saturated rings. The Kier molecular flexibility index (Phi) is 6.20. The van der Waals surface area contributed by atoms with Crippen molar-refractivity contribution in [2.24, 2.45) is 0 Å². The van der Waals surface area contributed by atoms with Crippen molar-refractivity contribution >= 4 is 17.2 Å². The molecule has 0 spiro atoms. The van der Waals surface area contributed by atoms with Gasteiger partial charge in [0.15, 0.2) is 0 Å². The highest BCUT2D eigenvalue weighted by molar-refractivity contribution is 7.13. The maximum absolute atomic E-state index is 13.4. The molecule has 0 N–H and O–H groups in total. The molecule has 0 unspecified atom stereocenters. The first-order valence-electron chi connectivity index (χ1n) is 12.0. The van der Waals surface area contributed by atoms with Crippen LogP contribution in [0.2, 0.25) is 0 Å². The maximum atomic E-state index is 13.4. The quantitative estimate of drug-likeness (QED) is 0.517. The fourth-order valence-corrected chi connectivity index (χ4v) is 5.20. The van der Waals surface area contributed by atoms with Gasteiger partial charge in [-0.3, -0.25) is 14.4 Å². The van der Waals surface area contributed by atoms with Gasteiger partial charge in [0.25, 0.3) is 5.91 Å². The lowest BCUT2D eigenvalue weighted by Crippen LogP contribution is -2.49. The summed E-state index contributed by atoms with van der Waals surface area (Å²) in [6.07, 6.45) is 2.37. The highest BCUT2D eigenvalue weighted by Gasteiger charge is 2.33. The van der Waals surface area contributed by atoms with E-state index in [2.05, 4.69) is 31.1 Å². The SMILES string of the molecule is COc1ccc(-c2nc(CN3CCN(C(=O)c4cc(C5CC5)nn4C(C)(C)C)CC3)cs2)cc1. The van der Waals surface area contributed by atoms with Gasteiger partial charge in [-0.1, -0.05) is 0 Å². The third-order valence-corrected chi connectivity index (χ3v) is 7.45. The minimum atomic E-state index is -0.216. The van der Waals surface area contributed by atoms with Crippen LogP contribution in [0.3, 0.4) is 0 Å². The number of carbonyl (C=O) groups excluding carboxylic acids is 1. The predicted octanol–water partition coefficient (Wildman–Crippen LogP) is 4.61. The number of carbonyl (C=O) groups is 1. The first-order chi connectivity index (χ1) is 16.3. The molecule has 3 heterocycles. The number of hydrogen-bond donors (Lipinski definition) is 0. The van der Waals surface area contributed by atoms with Crippen molar-refractivity contribution in [3.05, 3.63) is 52.8 Å². The number of methoxy groups -OCH3 is 1. The zero-order valence-corrected chi connectivity index (χ0v) is 21.3. The standard InChI is InChI=1S/C26H33N5O2S/c1-26(2,3)31-23(15-22(28-31)18-5-6-18)25(32)30-13-11-29(12-14-30)16-20-17-34-24(27-20)19-7-9-21(33-4)10-8-19/h7-10,15,17-18H,5-6,11-14,16H2,1-4H3. The molecule has 0 radical (unpaired) electrons. The minimum absolute atomic E-state index is 0.101. The smallest absolute Gasteiger partial charge is 0.272 e. The molecule has 2 aromatic heterocycles. The largest absolute Gasteiger partial charge is 0.497 e. The normalized spacial score (nSPS) is 17.2. The summed E-state index contributed by atoms with van der Waals surface area (Å²) in [6, 6.07) is 10.1. The van der Waals surface area contributed by atoms with E-state index in [1.807, 2.05) is 39.9 Å². The molecule has 0 atom stereocenters.